The van der Waals surface area contributed by atoms with E-state index in [2.05, 4.69) is 52.8 Å². The van der Waals surface area contributed by atoms with Gasteiger partial charge in [0, 0.05) is 0 Å². The van der Waals surface area contributed by atoms with Crippen molar-refractivity contribution < 1.29 is 0 Å². The monoisotopic (exact) mass is 246 g/mol. The SMILES string of the molecule is CCCCC=C(C)C=CC1=C(C)CCCC1(C)C. The second kappa shape index (κ2) is 6.97. The van der Waals surface area contributed by atoms with Crippen LogP contribution in [-0.4, -0.2) is 0 Å². The van der Waals surface area contributed by atoms with Gasteiger partial charge >= 0.3 is 0 Å². The second-order valence-corrected chi connectivity index (χ2v) is 6.36. The van der Waals surface area contributed by atoms with E-state index < -0.39 is 0 Å². The molecule has 0 bridgehead atoms. The summed E-state index contributed by atoms with van der Waals surface area (Å²) in [5, 5.41) is 0. The fraction of sp³-hybridized carbons (Fsp3) is 0.667. The lowest BCUT2D eigenvalue weighted by molar-refractivity contribution is 0.377. The predicted molar refractivity (Wildman–Crippen MR) is 82.8 cm³/mol. The summed E-state index contributed by atoms with van der Waals surface area (Å²) >= 11 is 0. The van der Waals surface area contributed by atoms with E-state index in [0.717, 1.165) is 0 Å². The summed E-state index contributed by atoms with van der Waals surface area (Å²) in [4.78, 5) is 0. The largest absolute Gasteiger partial charge is 0.0816 e. The minimum absolute atomic E-state index is 0.364. The molecule has 0 spiro atoms. The van der Waals surface area contributed by atoms with Gasteiger partial charge in [0.25, 0.3) is 0 Å². The van der Waals surface area contributed by atoms with Crippen LogP contribution in [0.3, 0.4) is 0 Å². The van der Waals surface area contributed by atoms with Gasteiger partial charge in [0.05, 0.1) is 0 Å². The van der Waals surface area contributed by atoms with Gasteiger partial charge < -0.3 is 0 Å². The Balaban J connectivity index is 2.73. The predicted octanol–water partition coefficient (Wildman–Crippen LogP) is 6.21. The smallest absolute Gasteiger partial charge is 0.0104 e. The second-order valence-electron chi connectivity index (χ2n) is 6.36. The molecular weight excluding hydrogens is 216 g/mol. The molecule has 0 saturated carbocycles. The summed E-state index contributed by atoms with van der Waals surface area (Å²) in [6.07, 6.45) is 14.8. The van der Waals surface area contributed by atoms with E-state index in [1.807, 2.05) is 0 Å². The van der Waals surface area contributed by atoms with Crippen molar-refractivity contribution in [3.63, 3.8) is 0 Å². The highest BCUT2D eigenvalue weighted by atomic mass is 14.3. The molecule has 1 rings (SSSR count). The van der Waals surface area contributed by atoms with Crippen LogP contribution in [0.15, 0.2) is 34.9 Å². The van der Waals surface area contributed by atoms with E-state index >= 15 is 0 Å². The van der Waals surface area contributed by atoms with E-state index in [0.29, 0.717) is 5.41 Å². The molecule has 0 aromatic rings. The molecule has 0 nitrogen and oxygen atoms in total. The lowest BCUT2D eigenvalue weighted by atomic mass is 9.72. The van der Waals surface area contributed by atoms with Crippen LogP contribution < -0.4 is 0 Å². The molecular formula is C18H30. The van der Waals surface area contributed by atoms with Crippen LogP contribution >= 0.6 is 0 Å². The summed E-state index contributed by atoms with van der Waals surface area (Å²) in [7, 11) is 0. The quantitative estimate of drug-likeness (QED) is 0.400. The molecule has 18 heavy (non-hydrogen) atoms. The summed E-state index contributed by atoms with van der Waals surface area (Å²) in [5.41, 5.74) is 4.92. The number of rotatable bonds is 5. The highest BCUT2D eigenvalue weighted by Gasteiger charge is 2.26. The zero-order chi connectivity index (χ0) is 13.6. The van der Waals surface area contributed by atoms with Gasteiger partial charge in [-0.2, -0.15) is 0 Å². The normalized spacial score (nSPS) is 20.8. The minimum atomic E-state index is 0.364. The summed E-state index contributed by atoms with van der Waals surface area (Å²) in [6.45, 7) is 11.5. The van der Waals surface area contributed by atoms with Crippen molar-refractivity contribution in [2.75, 3.05) is 0 Å². The van der Waals surface area contributed by atoms with Gasteiger partial charge in [-0.1, -0.05) is 63.0 Å². The first-order chi connectivity index (χ1) is 8.47. The van der Waals surface area contributed by atoms with E-state index in [4.69, 9.17) is 0 Å². The number of unbranched alkanes of at least 4 members (excludes halogenated alkanes) is 2. The fourth-order valence-electron chi connectivity index (χ4n) is 2.83. The maximum Gasteiger partial charge on any atom is -0.0104 e. The molecule has 0 heteroatoms. The zero-order valence-corrected chi connectivity index (χ0v) is 13.0. The lowest BCUT2D eigenvalue weighted by Gasteiger charge is -2.32. The first-order valence-corrected chi connectivity index (χ1v) is 7.52. The van der Waals surface area contributed by atoms with E-state index in [9.17, 15) is 0 Å². The zero-order valence-electron chi connectivity index (χ0n) is 13.0. The van der Waals surface area contributed by atoms with E-state index in [-0.39, 0.29) is 0 Å². The van der Waals surface area contributed by atoms with Crippen molar-refractivity contribution in [2.24, 2.45) is 5.41 Å². The van der Waals surface area contributed by atoms with Crippen molar-refractivity contribution in [3.05, 3.63) is 34.9 Å². The van der Waals surface area contributed by atoms with Crippen LogP contribution in [0, 0.1) is 5.41 Å². The molecule has 102 valence electrons. The third-order valence-electron chi connectivity index (χ3n) is 4.08. The van der Waals surface area contributed by atoms with Gasteiger partial charge in [-0.25, -0.2) is 0 Å². The first kappa shape index (κ1) is 15.3. The molecule has 0 aromatic carbocycles. The Hall–Kier alpha value is -0.780. The van der Waals surface area contributed by atoms with Crippen LogP contribution in [-0.2, 0) is 0 Å². The Kier molecular flexibility index (Phi) is 5.91. The van der Waals surface area contributed by atoms with Crippen molar-refractivity contribution in [1.29, 1.82) is 0 Å². The standard InChI is InChI=1S/C18H30/c1-6-7-8-10-15(2)12-13-17-16(3)11-9-14-18(17,4)5/h10,12-13H,6-9,11,14H2,1-5H3. The molecule has 0 aliphatic heterocycles. The molecule has 1 aliphatic rings. The van der Waals surface area contributed by atoms with Gasteiger partial charge in [0.1, 0.15) is 0 Å². The van der Waals surface area contributed by atoms with Crippen LogP contribution in [0.1, 0.15) is 73.1 Å². The molecule has 1 aliphatic carbocycles. The van der Waals surface area contributed by atoms with Gasteiger partial charge in [-0.05, 0) is 50.5 Å². The molecule has 0 heterocycles. The Morgan fingerprint density at radius 1 is 1.33 bits per heavy atom. The van der Waals surface area contributed by atoms with Crippen molar-refractivity contribution in [3.8, 4) is 0 Å². The highest BCUT2D eigenvalue weighted by Crippen LogP contribution is 2.40. The Labute approximate surface area is 114 Å². The number of hydrogen-bond donors (Lipinski definition) is 0. The van der Waals surface area contributed by atoms with Gasteiger partial charge in [0.2, 0.25) is 0 Å². The Bertz CT molecular complexity index is 350. The van der Waals surface area contributed by atoms with Crippen LogP contribution in [0.4, 0.5) is 0 Å². The summed E-state index contributed by atoms with van der Waals surface area (Å²) in [5.74, 6) is 0. The topological polar surface area (TPSA) is 0 Å². The third-order valence-corrected chi connectivity index (χ3v) is 4.08. The highest BCUT2D eigenvalue weighted by molar-refractivity contribution is 5.35. The maximum absolute atomic E-state index is 2.38. The van der Waals surface area contributed by atoms with Crippen LogP contribution in [0.25, 0.3) is 0 Å². The maximum atomic E-state index is 2.38. The van der Waals surface area contributed by atoms with Crippen molar-refractivity contribution >= 4 is 0 Å². The Morgan fingerprint density at radius 3 is 2.67 bits per heavy atom. The number of allylic oxidation sites excluding steroid dienone is 6. The molecule has 0 N–H and O–H groups in total. The van der Waals surface area contributed by atoms with Crippen molar-refractivity contribution in [2.45, 2.75) is 73.1 Å². The van der Waals surface area contributed by atoms with Gasteiger partial charge in [-0.15, -0.1) is 0 Å². The van der Waals surface area contributed by atoms with Crippen LogP contribution in [0.5, 0.6) is 0 Å². The molecule has 0 atom stereocenters. The molecule has 0 radical (unpaired) electrons. The summed E-state index contributed by atoms with van der Waals surface area (Å²) in [6, 6.07) is 0. The fourth-order valence-corrected chi connectivity index (χ4v) is 2.83. The van der Waals surface area contributed by atoms with Crippen LogP contribution in [0.2, 0.25) is 0 Å². The van der Waals surface area contributed by atoms with E-state index in [1.165, 1.54) is 44.1 Å². The molecule has 0 amide bonds. The lowest BCUT2D eigenvalue weighted by Crippen LogP contribution is -2.19. The Morgan fingerprint density at radius 2 is 2.06 bits per heavy atom. The average molecular weight is 246 g/mol. The van der Waals surface area contributed by atoms with E-state index in [1.54, 1.807) is 11.1 Å². The summed E-state index contributed by atoms with van der Waals surface area (Å²) < 4.78 is 0. The molecule has 0 fully saturated rings. The average Bonchev–Trinajstić information content (AvgIpc) is 2.28. The van der Waals surface area contributed by atoms with Gasteiger partial charge in [0.15, 0.2) is 0 Å². The van der Waals surface area contributed by atoms with Crippen molar-refractivity contribution in [1.82, 2.24) is 0 Å². The molecule has 0 aromatic heterocycles. The van der Waals surface area contributed by atoms with Gasteiger partial charge in [-0.3, -0.25) is 0 Å². The minimum Gasteiger partial charge on any atom is -0.0816 e. The molecule has 0 saturated heterocycles. The first-order valence-electron chi connectivity index (χ1n) is 7.52. The number of hydrogen-bond acceptors (Lipinski definition) is 0. The third kappa shape index (κ3) is 4.48. The molecule has 0 unspecified atom stereocenters.